The van der Waals surface area contributed by atoms with Gasteiger partial charge in [-0.1, -0.05) is 12.1 Å². The molecule has 0 spiro atoms. The molecular weight excluding hydrogens is 398 g/mol. The number of imidazole rings is 1. The molecule has 3 rings (SSSR count). The molecule has 0 radical (unpaired) electrons. The average Bonchev–Trinajstić information content (AvgIpc) is 2.98. The number of carbonyl (C=O) groups excluding carboxylic acids is 1. The fourth-order valence-corrected chi connectivity index (χ4v) is 2.82. The lowest BCUT2D eigenvalue weighted by Crippen LogP contribution is -2.11. The van der Waals surface area contributed by atoms with Crippen LogP contribution in [-0.2, 0) is 11.3 Å². The molecule has 3 aromatic rings. The molecule has 8 heteroatoms. The summed E-state index contributed by atoms with van der Waals surface area (Å²) in [6.45, 7) is -3.16. The highest BCUT2D eigenvalue weighted by atomic mass is 79.9. The van der Waals surface area contributed by atoms with E-state index in [1.54, 1.807) is 36.4 Å². The van der Waals surface area contributed by atoms with Gasteiger partial charge in [0.15, 0.2) is 5.82 Å². The van der Waals surface area contributed by atoms with E-state index in [-0.39, 0.29) is 23.5 Å². The fraction of sp³-hybridized carbons (Fsp3) is 0.176. The molecule has 0 aliphatic heterocycles. The average molecular weight is 411 g/mol. The van der Waals surface area contributed by atoms with Gasteiger partial charge < -0.3 is 9.47 Å². The predicted molar refractivity (Wildman–Crippen MR) is 90.8 cm³/mol. The molecule has 25 heavy (non-hydrogen) atoms. The SMILES string of the molecule is COc1ccc(Br)c(C(=O)OCc2nc3ccccc3n2C(F)F)c1. The molecule has 0 aliphatic carbocycles. The minimum Gasteiger partial charge on any atom is -0.497 e. The number of aromatic nitrogens is 2. The van der Waals surface area contributed by atoms with E-state index in [2.05, 4.69) is 20.9 Å². The molecule has 0 unspecified atom stereocenters. The van der Waals surface area contributed by atoms with Crippen LogP contribution in [-0.4, -0.2) is 22.6 Å². The Labute approximate surface area is 150 Å². The molecule has 0 fully saturated rings. The number of hydrogen-bond donors (Lipinski definition) is 0. The number of hydrogen-bond acceptors (Lipinski definition) is 4. The molecule has 130 valence electrons. The van der Waals surface area contributed by atoms with Gasteiger partial charge in [0, 0.05) is 4.47 Å². The van der Waals surface area contributed by atoms with Crippen LogP contribution >= 0.6 is 15.9 Å². The van der Waals surface area contributed by atoms with Crippen molar-refractivity contribution in [1.82, 2.24) is 9.55 Å². The van der Waals surface area contributed by atoms with Crippen molar-refractivity contribution < 1.29 is 23.0 Å². The minimum absolute atomic E-state index is 0.0245. The van der Waals surface area contributed by atoms with Gasteiger partial charge in [-0.25, -0.2) is 9.78 Å². The Bertz CT molecular complexity index is 927. The van der Waals surface area contributed by atoms with Crippen LogP contribution in [0.25, 0.3) is 11.0 Å². The summed E-state index contributed by atoms with van der Waals surface area (Å²) in [5.74, 6) is -0.211. The van der Waals surface area contributed by atoms with Crippen molar-refractivity contribution >= 4 is 32.9 Å². The molecule has 0 saturated heterocycles. The lowest BCUT2D eigenvalue weighted by atomic mass is 10.2. The first-order valence-corrected chi connectivity index (χ1v) is 8.05. The lowest BCUT2D eigenvalue weighted by Gasteiger charge is -2.10. The normalized spacial score (nSPS) is 11.1. The first-order chi connectivity index (χ1) is 12.0. The fourth-order valence-electron chi connectivity index (χ4n) is 2.41. The molecule has 0 N–H and O–H groups in total. The van der Waals surface area contributed by atoms with E-state index in [4.69, 9.17) is 9.47 Å². The summed E-state index contributed by atoms with van der Waals surface area (Å²) >= 11 is 3.26. The van der Waals surface area contributed by atoms with Gasteiger partial charge in [0.25, 0.3) is 0 Å². The summed E-state index contributed by atoms with van der Waals surface area (Å²) in [5, 5.41) is 0. The van der Waals surface area contributed by atoms with Gasteiger partial charge in [0.2, 0.25) is 0 Å². The molecule has 0 bridgehead atoms. The van der Waals surface area contributed by atoms with Crippen molar-refractivity contribution in [3.05, 3.63) is 58.3 Å². The number of benzene rings is 2. The zero-order valence-electron chi connectivity index (χ0n) is 13.1. The number of esters is 1. The molecule has 5 nitrogen and oxygen atoms in total. The predicted octanol–water partition coefficient (Wildman–Crippen LogP) is 4.56. The maximum absolute atomic E-state index is 13.4. The molecule has 0 aliphatic rings. The highest BCUT2D eigenvalue weighted by molar-refractivity contribution is 9.10. The maximum atomic E-state index is 13.4. The molecule has 2 aromatic carbocycles. The van der Waals surface area contributed by atoms with Gasteiger partial charge in [-0.15, -0.1) is 0 Å². The number of carbonyl (C=O) groups is 1. The van der Waals surface area contributed by atoms with Gasteiger partial charge in [0.05, 0.1) is 23.7 Å². The third-order valence-corrected chi connectivity index (χ3v) is 4.28. The highest BCUT2D eigenvalue weighted by Crippen LogP contribution is 2.26. The van der Waals surface area contributed by atoms with Gasteiger partial charge in [-0.05, 0) is 46.3 Å². The highest BCUT2D eigenvalue weighted by Gasteiger charge is 2.20. The van der Waals surface area contributed by atoms with Crippen molar-refractivity contribution in [2.75, 3.05) is 7.11 Å². The third-order valence-electron chi connectivity index (χ3n) is 3.59. The number of nitrogens with zero attached hydrogens (tertiary/aromatic N) is 2. The Kier molecular flexibility index (Phi) is 4.98. The van der Waals surface area contributed by atoms with Crippen molar-refractivity contribution in [1.29, 1.82) is 0 Å². The smallest absolute Gasteiger partial charge is 0.339 e. The number of alkyl halides is 2. The van der Waals surface area contributed by atoms with E-state index >= 15 is 0 Å². The number of fused-ring (bicyclic) bond motifs is 1. The van der Waals surface area contributed by atoms with Crippen LogP contribution in [0.5, 0.6) is 5.75 Å². The molecule has 0 atom stereocenters. The number of para-hydroxylation sites is 2. The van der Waals surface area contributed by atoms with Crippen LogP contribution in [0, 0.1) is 0 Å². The first-order valence-electron chi connectivity index (χ1n) is 7.26. The van der Waals surface area contributed by atoms with Gasteiger partial charge in [-0.2, -0.15) is 8.78 Å². The maximum Gasteiger partial charge on any atom is 0.339 e. The Morgan fingerprint density at radius 3 is 2.76 bits per heavy atom. The topological polar surface area (TPSA) is 53.4 Å². The third kappa shape index (κ3) is 3.48. The first kappa shape index (κ1) is 17.3. The molecule has 0 saturated carbocycles. The largest absolute Gasteiger partial charge is 0.497 e. The summed E-state index contributed by atoms with van der Waals surface area (Å²) in [5.41, 5.74) is 0.932. The summed E-state index contributed by atoms with van der Waals surface area (Å²) in [4.78, 5) is 16.4. The van der Waals surface area contributed by atoms with Gasteiger partial charge >= 0.3 is 12.5 Å². The lowest BCUT2D eigenvalue weighted by molar-refractivity contribution is 0.0386. The monoisotopic (exact) mass is 410 g/mol. The van der Waals surface area contributed by atoms with E-state index in [0.29, 0.717) is 15.7 Å². The quantitative estimate of drug-likeness (QED) is 0.578. The van der Waals surface area contributed by atoms with Crippen LogP contribution in [0.15, 0.2) is 46.9 Å². The second-order valence-corrected chi connectivity index (χ2v) is 5.94. The summed E-state index contributed by atoms with van der Waals surface area (Å²) < 4.78 is 38.2. The van der Waals surface area contributed by atoms with Crippen molar-refractivity contribution in [2.45, 2.75) is 13.2 Å². The molecule has 1 heterocycles. The second-order valence-electron chi connectivity index (χ2n) is 5.09. The summed E-state index contributed by atoms with van der Waals surface area (Å²) in [7, 11) is 1.48. The van der Waals surface area contributed by atoms with Crippen LogP contribution in [0.2, 0.25) is 0 Å². The van der Waals surface area contributed by atoms with Gasteiger partial charge in [-0.3, -0.25) is 4.57 Å². The summed E-state index contributed by atoms with van der Waals surface area (Å²) in [6.07, 6.45) is 0. The van der Waals surface area contributed by atoms with Crippen molar-refractivity contribution in [2.24, 2.45) is 0 Å². The minimum atomic E-state index is -2.79. The Morgan fingerprint density at radius 2 is 2.04 bits per heavy atom. The Balaban J connectivity index is 1.85. The molecule has 1 aromatic heterocycles. The van der Waals surface area contributed by atoms with Crippen LogP contribution in [0.3, 0.4) is 0 Å². The van der Waals surface area contributed by atoms with Crippen molar-refractivity contribution in [3.63, 3.8) is 0 Å². The molecule has 0 amide bonds. The standard InChI is InChI=1S/C17H13BrF2N2O3/c1-24-10-6-7-12(18)11(8-10)16(23)25-9-15-21-13-4-2-3-5-14(13)22(15)17(19)20/h2-8,17H,9H2,1H3. The van der Waals surface area contributed by atoms with E-state index in [0.717, 1.165) is 4.57 Å². The van der Waals surface area contributed by atoms with Crippen LogP contribution < -0.4 is 4.74 Å². The van der Waals surface area contributed by atoms with E-state index in [1.807, 2.05) is 0 Å². The number of methoxy groups -OCH3 is 1. The van der Waals surface area contributed by atoms with Crippen LogP contribution in [0.1, 0.15) is 22.7 Å². The Morgan fingerprint density at radius 1 is 1.28 bits per heavy atom. The summed E-state index contributed by atoms with van der Waals surface area (Å²) in [6, 6.07) is 11.3. The van der Waals surface area contributed by atoms with E-state index < -0.39 is 12.5 Å². The van der Waals surface area contributed by atoms with E-state index in [1.165, 1.54) is 13.2 Å². The van der Waals surface area contributed by atoms with Crippen LogP contribution in [0.4, 0.5) is 8.78 Å². The van der Waals surface area contributed by atoms with Crippen molar-refractivity contribution in [3.8, 4) is 5.75 Å². The number of rotatable bonds is 5. The number of ether oxygens (including phenoxy) is 2. The van der Waals surface area contributed by atoms with E-state index in [9.17, 15) is 13.6 Å². The zero-order chi connectivity index (χ0) is 18.0. The number of halogens is 3. The van der Waals surface area contributed by atoms with Gasteiger partial charge in [0.1, 0.15) is 12.4 Å². The Hall–Kier alpha value is -2.48. The molecular formula is C17H13BrF2N2O3. The zero-order valence-corrected chi connectivity index (χ0v) is 14.7. The second kappa shape index (κ2) is 7.18.